The van der Waals surface area contributed by atoms with Crippen molar-refractivity contribution in [3.63, 3.8) is 0 Å². The lowest BCUT2D eigenvalue weighted by molar-refractivity contribution is 0.256. The molecule has 2 aromatic rings. The highest BCUT2D eigenvalue weighted by atomic mass is 32.2. The molecule has 1 saturated heterocycles. The largest absolute Gasteiger partial charge is 0.360 e. The van der Waals surface area contributed by atoms with E-state index in [1.165, 1.54) is 0 Å². The molecular weight excluding hydrogens is 346 g/mol. The van der Waals surface area contributed by atoms with Gasteiger partial charge in [0.2, 0.25) is 10.0 Å². The Balaban J connectivity index is 2.03. The van der Waals surface area contributed by atoms with E-state index in [1.54, 1.807) is 22.6 Å². The summed E-state index contributed by atoms with van der Waals surface area (Å²) < 4.78 is 28.3. The first-order valence-electron chi connectivity index (χ1n) is 9.19. The maximum absolute atomic E-state index is 13.3. The van der Waals surface area contributed by atoms with Crippen LogP contribution in [0.1, 0.15) is 43.4 Å². The zero-order valence-electron chi connectivity index (χ0n) is 15.7. The van der Waals surface area contributed by atoms with Gasteiger partial charge in [-0.2, -0.15) is 4.31 Å². The zero-order chi connectivity index (χ0) is 18.7. The third-order valence-corrected chi connectivity index (χ3v) is 7.02. The summed E-state index contributed by atoms with van der Waals surface area (Å²) >= 11 is 0. The number of pyridine rings is 1. The standard InChI is InChI=1S/C20H27N3O2S/c1-4-22(3)20-18(8-7-14-21-20)19-9-5-6-15-23(19)26(24,25)17-12-10-16(2)11-13-17/h7-8,10-14,19H,4-6,9,15H2,1-3H3. The van der Waals surface area contributed by atoms with Gasteiger partial charge < -0.3 is 4.90 Å². The molecule has 2 heterocycles. The summed E-state index contributed by atoms with van der Waals surface area (Å²) in [7, 11) is -1.54. The molecule has 26 heavy (non-hydrogen) atoms. The lowest BCUT2D eigenvalue weighted by Gasteiger charge is -2.36. The van der Waals surface area contributed by atoms with Crippen LogP contribution in [0.25, 0.3) is 0 Å². The van der Waals surface area contributed by atoms with Gasteiger partial charge in [-0.1, -0.05) is 30.2 Å². The Labute approximate surface area is 156 Å². The van der Waals surface area contributed by atoms with Gasteiger partial charge in [0.1, 0.15) is 5.82 Å². The molecule has 0 aliphatic carbocycles. The van der Waals surface area contributed by atoms with Crippen LogP contribution in [0, 0.1) is 6.92 Å². The van der Waals surface area contributed by atoms with E-state index >= 15 is 0 Å². The minimum atomic E-state index is -3.54. The number of rotatable bonds is 5. The summed E-state index contributed by atoms with van der Waals surface area (Å²) in [5, 5.41) is 0. The van der Waals surface area contributed by atoms with Crippen molar-refractivity contribution in [3.8, 4) is 0 Å². The second-order valence-corrected chi connectivity index (χ2v) is 8.76. The van der Waals surface area contributed by atoms with Crippen molar-refractivity contribution in [1.29, 1.82) is 0 Å². The van der Waals surface area contributed by atoms with Gasteiger partial charge in [0.05, 0.1) is 10.9 Å². The third kappa shape index (κ3) is 3.62. The van der Waals surface area contributed by atoms with Crippen LogP contribution in [0.2, 0.25) is 0 Å². The SMILES string of the molecule is CCN(C)c1ncccc1C1CCCCN1S(=O)(=O)c1ccc(C)cc1. The van der Waals surface area contributed by atoms with Crippen molar-refractivity contribution in [3.05, 3.63) is 53.7 Å². The van der Waals surface area contributed by atoms with Crippen molar-refractivity contribution in [1.82, 2.24) is 9.29 Å². The van der Waals surface area contributed by atoms with Crippen molar-refractivity contribution in [2.75, 3.05) is 25.0 Å². The average Bonchev–Trinajstić information content (AvgIpc) is 2.67. The molecule has 0 radical (unpaired) electrons. The van der Waals surface area contributed by atoms with Gasteiger partial charge in [-0.05, 0) is 44.9 Å². The van der Waals surface area contributed by atoms with Crippen LogP contribution in [-0.4, -0.2) is 37.8 Å². The Morgan fingerprint density at radius 2 is 1.92 bits per heavy atom. The molecule has 1 atom stereocenters. The maximum atomic E-state index is 13.3. The van der Waals surface area contributed by atoms with Crippen LogP contribution in [-0.2, 0) is 10.0 Å². The monoisotopic (exact) mass is 373 g/mol. The molecule has 1 aromatic heterocycles. The topological polar surface area (TPSA) is 53.5 Å². The average molecular weight is 374 g/mol. The number of sulfonamides is 1. The van der Waals surface area contributed by atoms with Gasteiger partial charge in [-0.3, -0.25) is 0 Å². The number of benzene rings is 1. The predicted octanol–water partition coefficient (Wildman–Crippen LogP) is 3.76. The summed E-state index contributed by atoms with van der Waals surface area (Å²) in [5.41, 5.74) is 2.05. The smallest absolute Gasteiger partial charge is 0.243 e. The van der Waals surface area contributed by atoms with Crippen molar-refractivity contribution >= 4 is 15.8 Å². The Hall–Kier alpha value is -1.92. The van der Waals surface area contributed by atoms with Crippen molar-refractivity contribution < 1.29 is 8.42 Å². The molecule has 3 rings (SSSR count). The van der Waals surface area contributed by atoms with Crippen LogP contribution in [0.3, 0.4) is 0 Å². The molecule has 5 nitrogen and oxygen atoms in total. The molecule has 1 aliphatic rings. The van der Waals surface area contributed by atoms with Gasteiger partial charge in [0.15, 0.2) is 0 Å². The zero-order valence-corrected chi connectivity index (χ0v) is 16.5. The van der Waals surface area contributed by atoms with E-state index in [-0.39, 0.29) is 6.04 Å². The fourth-order valence-electron chi connectivity index (χ4n) is 3.49. The number of aryl methyl sites for hydroxylation is 1. The van der Waals surface area contributed by atoms with E-state index in [4.69, 9.17) is 0 Å². The Kier molecular flexibility index (Phi) is 5.63. The van der Waals surface area contributed by atoms with E-state index in [2.05, 4.69) is 16.8 Å². The molecule has 6 heteroatoms. The molecule has 0 spiro atoms. The van der Waals surface area contributed by atoms with E-state index in [0.717, 1.165) is 42.8 Å². The second-order valence-electron chi connectivity index (χ2n) is 6.87. The molecule has 0 bridgehead atoms. The van der Waals surface area contributed by atoms with E-state index < -0.39 is 10.0 Å². The number of hydrogen-bond acceptors (Lipinski definition) is 4. The normalized spacial score (nSPS) is 18.7. The minimum absolute atomic E-state index is 0.173. The molecule has 1 aromatic carbocycles. The van der Waals surface area contributed by atoms with Crippen LogP contribution in [0.4, 0.5) is 5.82 Å². The first-order valence-corrected chi connectivity index (χ1v) is 10.6. The van der Waals surface area contributed by atoms with E-state index in [0.29, 0.717) is 11.4 Å². The molecule has 1 unspecified atom stereocenters. The molecule has 1 fully saturated rings. The second kappa shape index (κ2) is 7.76. The summed E-state index contributed by atoms with van der Waals surface area (Å²) in [6, 6.07) is 10.9. The number of aromatic nitrogens is 1. The molecule has 0 saturated carbocycles. The molecule has 1 aliphatic heterocycles. The van der Waals surface area contributed by atoms with Crippen LogP contribution in [0.5, 0.6) is 0 Å². The first kappa shape index (κ1) is 18.9. The molecular formula is C20H27N3O2S. The summed E-state index contributed by atoms with van der Waals surface area (Å²) in [4.78, 5) is 6.97. The lowest BCUT2D eigenvalue weighted by Crippen LogP contribution is -2.39. The number of hydrogen-bond donors (Lipinski definition) is 0. The van der Waals surface area contributed by atoms with Crippen molar-refractivity contribution in [2.24, 2.45) is 0 Å². The Morgan fingerprint density at radius 1 is 1.19 bits per heavy atom. The Morgan fingerprint density at radius 3 is 2.62 bits per heavy atom. The van der Waals surface area contributed by atoms with E-state index in [1.807, 2.05) is 38.2 Å². The van der Waals surface area contributed by atoms with Gasteiger partial charge in [0, 0.05) is 31.9 Å². The van der Waals surface area contributed by atoms with Gasteiger partial charge in [-0.15, -0.1) is 0 Å². The first-order chi connectivity index (χ1) is 12.4. The van der Waals surface area contributed by atoms with Crippen LogP contribution >= 0.6 is 0 Å². The minimum Gasteiger partial charge on any atom is -0.360 e. The van der Waals surface area contributed by atoms with Crippen molar-refractivity contribution in [2.45, 2.75) is 44.0 Å². The number of anilines is 1. The predicted molar refractivity (Wildman–Crippen MR) is 105 cm³/mol. The summed E-state index contributed by atoms with van der Waals surface area (Å²) in [6.07, 6.45) is 4.50. The maximum Gasteiger partial charge on any atom is 0.243 e. The molecule has 0 N–H and O–H groups in total. The number of nitrogens with zero attached hydrogens (tertiary/aromatic N) is 3. The highest BCUT2D eigenvalue weighted by Crippen LogP contribution is 2.38. The summed E-state index contributed by atoms with van der Waals surface area (Å²) in [5.74, 6) is 0.867. The lowest BCUT2D eigenvalue weighted by atomic mass is 9.97. The highest BCUT2D eigenvalue weighted by molar-refractivity contribution is 7.89. The highest BCUT2D eigenvalue weighted by Gasteiger charge is 2.36. The van der Waals surface area contributed by atoms with Gasteiger partial charge in [-0.25, -0.2) is 13.4 Å². The van der Waals surface area contributed by atoms with E-state index in [9.17, 15) is 8.42 Å². The van der Waals surface area contributed by atoms with Crippen LogP contribution in [0.15, 0.2) is 47.5 Å². The fraction of sp³-hybridized carbons (Fsp3) is 0.450. The molecule has 140 valence electrons. The Bertz CT molecular complexity index is 850. The number of piperidine rings is 1. The van der Waals surface area contributed by atoms with Crippen LogP contribution < -0.4 is 4.90 Å². The quantitative estimate of drug-likeness (QED) is 0.801. The fourth-order valence-corrected chi connectivity index (χ4v) is 5.16. The van der Waals surface area contributed by atoms with Gasteiger partial charge in [0.25, 0.3) is 0 Å². The third-order valence-electron chi connectivity index (χ3n) is 5.09. The van der Waals surface area contributed by atoms with Gasteiger partial charge >= 0.3 is 0 Å². The summed E-state index contributed by atoms with van der Waals surface area (Å²) in [6.45, 7) is 5.40. The molecule has 0 amide bonds.